The largest absolute Gasteiger partial charge is 0.392 e. The number of hydrogen-bond acceptors (Lipinski definition) is 3. The molecule has 0 radical (unpaired) electrons. The molecule has 3 heteroatoms. The molecular weight excluding hydrogens is 158 g/mol. The van der Waals surface area contributed by atoms with Gasteiger partial charge in [-0.2, -0.15) is 0 Å². The van der Waals surface area contributed by atoms with Crippen LogP contribution in [-0.2, 0) is 0 Å². The molecule has 0 aromatic carbocycles. The highest BCUT2D eigenvalue weighted by Crippen LogP contribution is 2.07. The average molecular weight is 177 g/mol. The van der Waals surface area contributed by atoms with Gasteiger partial charge in [0.2, 0.25) is 0 Å². The maximum absolute atomic E-state index is 9.10. The molecule has 11 heavy (non-hydrogen) atoms. The molecule has 0 amide bonds. The molecule has 0 spiro atoms. The third-order valence-corrected chi connectivity index (χ3v) is 2.34. The molecule has 1 N–H and O–H groups in total. The Morgan fingerprint density at radius 1 is 1.55 bits per heavy atom. The summed E-state index contributed by atoms with van der Waals surface area (Å²) in [5, 5.41) is 9.10. The monoisotopic (exact) mass is 177 g/mol. The molecule has 0 fully saturated rings. The molecule has 0 aromatic rings. The Labute approximate surface area is 74.1 Å². The summed E-state index contributed by atoms with van der Waals surface area (Å²) < 4.78 is 2.20. The van der Waals surface area contributed by atoms with Crippen molar-refractivity contribution >= 4 is 11.9 Å². The topological polar surface area (TPSA) is 23.5 Å². The first-order valence-corrected chi connectivity index (χ1v) is 5.36. The highest BCUT2D eigenvalue weighted by atomic mass is 32.2. The number of aliphatic hydroxyl groups excluding tert-OH is 1. The van der Waals surface area contributed by atoms with Gasteiger partial charge in [0, 0.05) is 13.1 Å². The van der Waals surface area contributed by atoms with E-state index < -0.39 is 0 Å². The van der Waals surface area contributed by atoms with Crippen LogP contribution in [0.3, 0.4) is 0 Å². The van der Waals surface area contributed by atoms with Gasteiger partial charge in [-0.1, -0.05) is 25.3 Å². The number of aliphatic hydroxyl groups is 1. The Morgan fingerprint density at radius 3 is 2.55 bits per heavy atom. The number of hydrogen-bond donors (Lipinski definition) is 1. The van der Waals surface area contributed by atoms with Gasteiger partial charge < -0.3 is 5.11 Å². The summed E-state index contributed by atoms with van der Waals surface area (Å²) in [6.07, 6.45) is 4.28. The van der Waals surface area contributed by atoms with Gasteiger partial charge in [0.15, 0.2) is 0 Å². The molecule has 0 saturated heterocycles. The summed E-state index contributed by atoms with van der Waals surface area (Å²) in [6, 6.07) is 0. The van der Waals surface area contributed by atoms with Gasteiger partial charge in [0.05, 0.1) is 6.10 Å². The Kier molecular flexibility index (Phi) is 7.12. The van der Waals surface area contributed by atoms with Crippen LogP contribution in [0.5, 0.6) is 0 Å². The predicted octanol–water partition coefficient (Wildman–Crippen LogP) is 1.75. The SMILES string of the molecule is CCCCN(CC(C)O)SC. The Bertz CT molecular complexity index is 88.2. The third-order valence-electron chi connectivity index (χ3n) is 1.49. The lowest BCUT2D eigenvalue weighted by atomic mass is 10.3. The first-order chi connectivity index (χ1) is 5.20. The molecule has 0 saturated carbocycles. The van der Waals surface area contributed by atoms with E-state index >= 15 is 0 Å². The van der Waals surface area contributed by atoms with Gasteiger partial charge in [-0.25, -0.2) is 4.31 Å². The molecule has 0 heterocycles. The molecule has 1 unspecified atom stereocenters. The second kappa shape index (κ2) is 6.95. The molecule has 2 nitrogen and oxygen atoms in total. The molecule has 68 valence electrons. The summed E-state index contributed by atoms with van der Waals surface area (Å²) in [7, 11) is 0. The van der Waals surface area contributed by atoms with E-state index in [0.717, 1.165) is 13.1 Å². The van der Waals surface area contributed by atoms with Gasteiger partial charge in [0.25, 0.3) is 0 Å². The summed E-state index contributed by atoms with van der Waals surface area (Å²) >= 11 is 1.71. The van der Waals surface area contributed by atoms with Crippen molar-refractivity contribution < 1.29 is 5.11 Å². The minimum absolute atomic E-state index is 0.209. The second-order valence-corrected chi connectivity index (χ2v) is 3.65. The zero-order valence-corrected chi connectivity index (χ0v) is 8.52. The van der Waals surface area contributed by atoms with E-state index in [-0.39, 0.29) is 6.10 Å². The van der Waals surface area contributed by atoms with E-state index in [9.17, 15) is 0 Å². The Morgan fingerprint density at radius 2 is 2.18 bits per heavy atom. The third kappa shape index (κ3) is 6.66. The normalized spacial score (nSPS) is 13.9. The van der Waals surface area contributed by atoms with Gasteiger partial charge in [-0.3, -0.25) is 0 Å². The van der Waals surface area contributed by atoms with Crippen LogP contribution in [0.25, 0.3) is 0 Å². The molecule has 0 aliphatic rings. The highest BCUT2D eigenvalue weighted by molar-refractivity contribution is 7.96. The second-order valence-electron chi connectivity index (χ2n) is 2.77. The molecule has 0 aromatic heterocycles. The number of nitrogens with zero attached hydrogens (tertiary/aromatic N) is 1. The van der Waals surface area contributed by atoms with E-state index in [1.807, 2.05) is 6.92 Å². The van der Waals surface area contributed by atoms with E-state index in [1.165, 1.54) is 12.8 Å². The van der Waals surface area contributed by atoms with E-state index in [2.05, 4.69) is 17.5 Å². The first-order valence-electron chi connectivity index (χ1n) is 4.17. The average Bonchev–Trinajstić information content (AvgIpc) is 1.97. The first kappa shape index (κ1) is 11.3. The summed E-state index contributed by atoms with van der Waals surface area (Å²) in [4.78, 5) is 0. The van der Waals surface area contributed by atoms with Crippen LogP contribution >= 0.6 is 11.9 Å². The van der Waals surface area contributed by atoms with E-state index in [0.29, 0.717) is 0 Å². The van der Waals surface area contributed by atoms with Crippen LogP contribution in [0.4, 0.5) is 0 Å². The molecule has 0 rings (SSSR count). The van der Waals surface area contributed by atoms with Crippen molar-refractivity contribution in [1.29, 1.82) is 0 Å². The summed E-state index contributed by atoms with van der Waals surface area (Å²) in [5.74, 6) is 0. The lowest BCUT2D eigenvalue weighted by Crippen LogP contribution is -2.25. The van der Waals surface area contributed by atoms with E-state index in [1.54, 1.807) is 11.9 Å². The molecule has 1 atom stereocenters. The Hall–Kier alpha value is 0.270. The van der Waals surface area contributed by atoms with Crippen molar-refractivity contribution in [2.75, 3.05) is 19.3 Å². The standard InChI is InChI=1S/C8H19NOS/c1-4-5-6-9(11-3)7-8(2)10/h8,10H,4-7H2,1-3H3. The van der Waals surface area contributed by atoms with Crippen LogP contribution in [0.1, 0.15) is 26.7 Å². The predicted molar refractivity (Wildman–Crippen MR) is 51.7 cm³/mol. The quantitative estimate of drug-likeness (QED) is 0.625. The lowest BCUT2D eigenvalue weighted by Gasteiger charge is -2.19. The maximum Gasteiger partial charge on any atom is 0.0648 e. The fourth-order valence-corrected chi connectivity index (χ4v) is 1.56. The molecular formula is C8H19NOS. The number of rotatable bonds is 6. The van der Waals surface area contributed by atoms with Gasteiger partial charge >= 0.3 is 0 Å². The van der Waals surface area contributed by atoms with Crippen LogP contribution in [0, 0.1) is 0 Å². The van der Waals surface area contributed by atoms with Crippen molar-refractivity contribution in [2.45, 2.75) is 32.8 Å². The minimum atomic E-state index is -0.209. The highest BCUT2D eigenvalue weighted by Gasteiger charge is 2.04. The fraction of sp³-hybridized carbons (Fsp3) is 1.00. The summed E-state index contributed by atoms with van der Waals surface area (Å²) in [5.41, 5.74) is 0. The lowest BCUT2D eigenvalue weighted by molar-refractivity contribution is 0.167. The Balaban J connectivity index is 3.41. The number of unbranched alkanes of at least 4 members (excludes halogenated alkanes) is 1. The van der Waals surface area contributed by atoms with Crippen molar-refractivity contribution in [3.05, 3.63) is 0 Å². The van der Waals surface area contributed by atoms with Crippen LogP contribution in [0.15, 0.2) is 0 Å². The summed E-state index contributed by atoms with van der Waals surface area (Å²) in [6.45, 7) is 5.87. The maximum atomic E-state index is 9.10. The van der Waals surface area contributed by atoms with Crippen LogP contribution in [0.2, 0.25) is 0 Å². The van der Waals surface area contributed by atoms with Crippen molar-refractivity contribution in [2.24, 2.45) is 0 Å². The van der Waals surface area contributed by atoms with Gasteiger partial charge in [0.1, 0.15) is 0 Å². The van der Waals surface area contributed by atoms with Crippen molar-refractivity contribution in [1.82, 2.24) is 4.31 Å². The van der Waals surface area contributed by atoms with Gasteiger partial charge in [-0.05, 0) is 19.6 Å². The van der Waals surface area contributed by atoms with Crippen LogP contribution < -0.4 is 0 Å². The van der Waals surface area contributed by atoms with Crippen molar-refractivity contribution in [3.63, 3.8) is 0 Å². The van der Waals surface area contributed by atoms with Gasteiger partial charge in [-0.15, -0.1) is 0 Å². The molecule has 0 bridgehead atoms. The smallest absolute Gasteiger partial charge is 0.0648 e. The zero-order chi connectivity index (χ0) is 8.69. The molecule has 0 aliphatic carbocycles. The minimum Gasteiger partial charge on any atom is -0.392 e. The molecule has 0 aliphatic heterocycles. The fourth-order valence-electron chi connectivity index (χ4n) is 0.886. The van der Waals surface area contributed by atoms with Crippen molar-refractivity contribution in [3.8, 4) is 0 Å². The zero-order valence-electron chi connectivity index (χ0n) is 7.71. The van der Waals surface area contributed by atoms with E-state index in [4.69, 9.17) is 5.11 Å². The van der Waals surface area contributed by atoms with Crippen LogP contribution in [-0.4, -0.2) is 34.9 Å².